The summed E-state index contributed by atoms with van der Waals surface area (Å²) in [5.74, 6) is 0. The van der Waals surface area contributed by atoms with Gasteiger partial charge in [0.25, 0.3) is 0 Å². The van der Waals surface area contributed by atoms with Gasteiger partial charge in [0.2, 0.25) is 0 Å². The maximum Gasteiger partial charge on any atom is 0.116 e. The van der Waals surface area contributed by atoms with Crippen LogP contribution in [0.2, 0.25) is 0 Å². The first-order valence-electron chi connectivity index (χ1n) is 11.7. The predicted molar refractivity (Wildman–Crippen MR) is 144 cm³/mol. The number of para-hydroxylation sites is 1. The third-order valence-electron chi connectivity index (χ3n) is 6.91. The molecule has 0 amide bonds. The third kappa shape index (κ3) is 2.68. The maximum atomic E-state index is 5.24. The molecule has 0 bridgehead atoms. The summed E-state index contributed by atoms with van der Waals surface area (Å²) in [5, 5.41) is 0.546. The molecule has 1 aliphatic carbocycles. The molecule has 0 saturated heterocycles. The van der Waals surface area contributed by atoms with Gasteiger partial charge in [0.1, 0.15) is 27.4 Å². The second-order valence-electron chi connectivity index (χ2n) is 8.86. The first-order chi connectivity index (χ1) is 17.4. The summed E-state index contributed by atoms with van der Waals surface area (Å²) >= 11 is 1.95. The molecule has 35 heavy (non-hydrogen) atoms. The van der Waals surface area contributed by atoms with E-state index in [1.807, 2.05) is 42.4 Å². The Bertz CT molecular complexity index is 1890. The molecule has 0 saturated carbocycles. The fourth-order valence-electron chi connectivity index (χ4n) is 5.42. The van der Waals surface area contributed by atoms with Crippen molar-refractivity contribution in [3.8, 4) is 5.69 Å². The molecular formula is C29H19N5S. The van der Waals surface area contributed by atoms with E-state index in [2.05, 4.69) is 82.0 Å². The summed E-state index contributed by atoms with van der Waals surface area (Å²) in [6, 6.07) is 21.0. The Kier molecular flexibility index (Phi) is 3.93. The Morgan fingerprint density at radius 1 is 0.714 bits per heavy atom. The average Bonchev–Trinajstić information content (AvgIpc) is 3.57. The average molecular weight is 470 g/mol. The number of allylic oxidation sites excluding steroid dienone is 3. The fraction of sp³-hybridized carbons (Fsp3) is 0.0690. The zero-order valence-electron chi connectivity index (χ0n) is 18.6. The van der Waals surface area contributed by atoms with E-state index in [0.717, 1.165) is 49.8 Å². The van der Waals surface area contributed by atoms with Crippen LogP contribution in [-0.2, 0) is 0 Å². The Balaban J connectivity index is 1.50. The lowest BCUT2D eigenvalue weighted by atomic mass is 10.1. The Morgan fingerprint density at radius 3 is 2.31 bits per heavy atom. The molecule has 1 aromatic carbocycles. The van der Waals surface area contributed by atoms with Crippen LogP contribution >= 0.6 is 11.8 Å². The molecule has 0 radical (unpaired) electrons. The highest BCUT2D eigenvalue weighted by molar-refractivity contribution is 8.00. The van der Waals surface area contributed by atoms with Gasteiger partial charge in [0.05, 0.1) is 27.3 Å². The van der Waals surface area contributed by atoms with Crippen molar-refractivity contribution in [1.29, 1.82) is 0 Å². The van der Waals surface area contributed by atoms with Crippen LogP contribution in [0.25, 0.3) is 49.8 Å². The normalized spacial score (nSPS) is 19.3. The van der Waals surface area contributed by atoms with E-state index in [1.165, 1.54) is 5.57 Å². The first kappa shape index (κ1) is 19.2. The standard InChI is InChI=1S/C29H19N5S/c1-2-9-19(10-3-1)33-20-11-6-14-30-26(20)28-22(33)17-23-29(32-28)27-21(12-7-15-31-27)34(23)25-16-18-8-4-5-13-24(18)35-25/h1-17,24-25H. The minimum atomic E-state index is 0.165. The highest BCUT2D eigenvalue weighted by Gasteiger charge is 2.29. The van der Waals surface area contributed by atoms with Crippen LogP contribution in [-0.4, -0.2) is 29.3 Å². The second kappa shape index (κ2) is 7.17. The number of thioether (sulfide) groups is 1. The van der Waals surface area contributed by atoms with Crippen LogP contribution in [0.15, 0.2) is 109 Å². The van der Waals surface area contributed by atoms with Crippen molar-refractivity contribution in [3.63, 3.8) is 0 Å². The quantitative estimate of drug-likeness (QED) is 0.282. The van der Waals surface area contributed by atoms with Gasteiger partial charge in [-0.2, -0.15) is 0 Å². The van der Waals surface area contributed by atoms with Gasteiger partial charge in [-0.25, -0.2) is 4.98 Å². The van der Waals surface area contributed by atoms with Gasteiger partial charge in [0, 0.05) is 18.1 Å². The molecule has 5 aromatic heterocycles. The number of nitrogens with zero attached hydrogens (tertiary/aromatic N) is 5. The number of aromatic nitrogens is 5. The molecule has 0 spiro atoms. The zero-order valence-corrected chi connectivity index (χ0v) is 19.4. The van der Waals surface area contributed by atoms with Crippen molar-refractivity contribution < 1.29 is 0 Å². The molecule has 0 N–H and O–H groups in total. The first-order valence-corrected chi connectivity index (χ1v) is 12.6. The van der Waals surface area contributed by atoms with Crippen LogP contribution in [0.4, 0.5) is 0 Å². The van der Waals surface area contributed by atoms with E-state index in [0.29, 0.717) is 5.25 Å². The summed E-state index contributed by atoms with van der Waals surface area (Å²) in [4.78, 5) is 14.8. The molecular weight excluding hydrogens is 450 g/mol. The largest absolute Gasteiger partial charge is 0.321 e. The number of benzene rings is 1. The molecule has 2 unspecified atom stereocenters. The van der Waals surface area contributed by atoms with E-state index in [4.69, 9.17) is 15.0 Å². The molecule has 2 atom stereocenters. The third-order valence-corrected chi connectivity index (χ3v) is 8.26. The van der Waals surface area contributed by atoms with Gasteiger partial charge in [-0.05, 0) is 54.1 Å². The van der Waals surface area contributed by atoms with Gasteiger partial charge in [-0.3, -0.25) is 9.97 Å². The lowest BCUT2D eigenvalue weighted by Crippen LogP contribution is -2.03. The summed E-state index contributed by atoms with van der Waals surface area (Å²) < 4.78 is 4.67. The summed E-state index contributed by atoms with van der Waals surface area (Å²) in [6.45, 7) is 0. The van der Waals surface area contributed by atoms with E-state index in [-0.39, 0.29) is 5.37 Å². The molecule has 0 fully saturated rings. The van der Waals surface area contributed by atoms with Gasteiger partial charge >= 0.3 is 0 Å². The van der Waals surface area contributed by atoms with Gasteiger partial charge < -0.3 is 9.13 Å². The van der Waals surface area contributed by atoms with Crippen molar-refractivity contribution in [1.82, 2.24) is 24.1 Å². The summed E-state index contributed by atoms with van der Waals surface area (Å²) in [7, 11) is 0. The number of pyridine rings is 3. The number of hydrogen-bond acceptors (Lipinski definition) is 4. The van der Waals surface area contributed by atoms with Crippen molar-refractivity contribution in [2.75, 3.05) is 0 Å². The van der Waals surface area contributed by atoms with Crippen LogP contribution < -0.4 is 0 Å². The van der Waals surface area contributed by atoms with Crippen molar-refractivity contribution >= 4 is 55.9 Å². The molecule has 6 heteroatoms. The fourth-order valence-corrected chi connectivity index (χ4v) is 6.80. The molecule has 2 aliphatic rings. The van der Waals surface area contributed by atoms with Crippen LogP contribution in [0.5, 0.6) is 0 Å². The minimum absolute atomic E-state index is 0.165. The van der Waals surface area contributed by atoms with Crippen LogP contribution in [0, 0.1) is 0 Å². The Labute approximate surface area is 205 Å². The molecule has 166 valence electrons. The minimum Gasteiger partial charge on any atom is -0.321 e. The topological polar surface area (TPSA) is 48.5 Å². The van der Waals surface area contributed by atoms with E-state index in [9.17, 15) is 0 Å². The van der Waals surface area contributed by atoms with E-state index in [1.54, 1.807) is 0 Å². The maximum absolute atomic E-state index is 5.24. The second-order valence-corrected chi connectivity index (χ2v) is 10.1. The Hall–Kier alpha value is -4.16. The van der Waals surface area contributed by atoms with Gasteiger partial charge in [-0.1, -0.05) is 42.5 Å². The Morgan fingerprint density at radius 2 is 1.49 bits per heavy atom. The molecule has 8 rings (SSSR count). The lowest BCUT2D eigenvalue weighted by Gasteiger charge is -2.15. The monoisotopic (exact) mass is 469 g/mol. The summed E-state index contributed by atoms with van der Waals surface area (Å²) in [6.07, 6.45) is 14.8. The number of hydrogen-bond donors (Lipinski definition) is 0. The van der Waals surface area contributed by atoms with Crippen molar-refractivity contribution in [2.45, 2.75) is 10.6 Å². The highest BCUT2D eigenvalue weighted by Crippen LogP contribution is 2.46. The van der Waals surface area contributed by atoms with Crippen LogP contribution in [0.1, 0.15) is 5.37 Å². The van der Waals surface area contributed by atoms with Crippen molar-refractivity contribution in [3.05, 3.63) is 109 Å². The molecule has 1 aliphatic heterocycles. The molecule has 6 aromatic rings. The SMILES string of the molecule is C1=CC2=CC(n3c4cccnc4c4nc5c6ncccc6n(-c6ccccc6)c5cc43)SC2C=C1. The van der Waals surface area contributed by atoms with Gasteiger partial charge in [-0.15, -0.1) is 11.8 Å². The highest BCUT2D eigenvalue weighted by atomic mass is 32.2. The molecule has 6 heterocycles. The number of fused-ring (bicyclic) bond motifs is 7. The van der Waals surface area contributed by atoms with Crippen LogP contribution in [0.3, 0.4) is 0 Å². The van der Waals surface area contributed by atoms with Gasteiger partial charge in [0.15, 0.2) is 0 Å². The number of rotatable bonds is 2. The zero-order chi connectivity index (χ0) is 22.9. The molecule has 5 nitrogen and oxygen atoms in total. The predicted octanol–water partition coefficient (Wildman–Crippen LogP) is 6.74. The van der Waals surface area contributed by atoms with E-state index >= 15 is 0 Å². The lowest BCUT2D eigenvalue weighted by molar-refractivity contribution is 0.878. The van der Waals surface area contributed by atoms with E-state index < -0.39 is 0 Å². The van der Waals surface area contributed by atoms with Crippen molar-refractivity contribution in [2.24, 2.45) is 0 Å². The smallest absolute Gasteiger partial charge is 0.116 e. The summed E-state index contributed by atoms with van der Waals surface area (Å²) in [5.41, 5.74) is 10.4.